The van der Waals surface area contributed by atoms with Crippen LogP contribution in [0.1, 0.15) is 6.92 Å². The summed E-state index contributed by atoms with van der Waals surface area (Å²) in [5.41, 5.74) is -0.413. The Labute approximate surface area is 102 Å². The number of ether oxygens (including phenoxy) is 2. The Morgan fingerprint density at radius 3 is 2.69 bits per heavy atom. The zero-order chi connectivity index (χ0) is 12.1. The van der Waals surface area contributed by atoms with Crippen molar-refractivity contribution in [2.45, 2.75) is 19.3 Å². The summed E-state index contributed by atoms with van der Waals surface area (Å²) in [5, 5.41) is 3.06. The van der Waals surface area contributed by atoms with Crippen LogP contribution < -0.4 is 11.0 Å². The van der Waals surface area contributed by atoms with E-state index in [4.69, 9.17) is 9.47 Å². The minimum Gasteiger partial charge on any atom is -0.363 e. The molecule has 2 N–H and O–H groups in total. The van der Waals surface area contributed by atoms with Crippen LogP contribution in [-0.4, -0.2) is 36.5 Å². The first-order chi connectivity index (χ1) is 7.58. The van der Waals surface area contributed by atoms with Crippen LogP contribution >= 0.6 is 15.9 Å². The molecule has 0 spiro atoms. The minimum atomic E-state index is -0.413. The van der Waals surface area contributed by atoms with Crippen molar-refractivity contribution in [1.82, 2.24) is 9.97 Å². The second-order valence-corrected chi connectivity index (χ2v) is 4.04. The van der Waals surface area contributed by atoms with Gasteiger partial charge in [0.15, 0.2) is 6.29 Å². The highest BCUT2D eigenvalue weighted by molar-refractivity contribution is 9.10. The standard InChI is InChI=1S/C9H14BrN3O3/c1-5(8(15-2)16-3)12-7-6(10)4-11-9(14)13-7/h4-5,8H,1-3H3,(H2,11,12,13,14). The molecular weight excluding hydrogens is 278 g/mol. The van der Waals surface area contributed by atoms with Crippen molar-refractivity contribution in [2.75, 3.05) is 19.5 Å². The fraction of sp³-hybridized carbons (Fsp3) is 0.556. The summed E-state index contributed by atoms with van der Waals surface area (Å²) in [6.07, 6.45) is 1.03. The fourth-order valence-electron chi connectivity index (χ4n) is 1.28. The number of hydrogen-bond acceptors (Lipinski definition) is 5. The highest BCUT2D eigenvalue weighted by atomic mass is 79.9. The molecular formula is C9H14BrN3O3. The van der Waals surface area contributed by atoms with Crippen LogP contribution in [0.3, 0.4) is 0 Å². The summed E-state index contributed by atoms with van der Waals surface area (Å²) >= 11 is 3.28. The summed E-state index contributed by atoms with van der Waals surface area (Å²) < 4.78 is 10.9. The molecule has 16 heavy (non-hydrogen) atoms. The van der Waals surface area contributed by atoms with Gasteiger partial charge in [-0.2, -0.15) is 0 Å². The van der Waals surface area contributed by atoms with Crippen molar-refractivity contribution in [3.05, 3.63) is 21.2 Å². The van der Waals surface area contributed by atoms with E-state index in [9.17, 15) is 4.79 Å². The number of halogens is 1. The van der Waals surface area contributed by atoms with Crippen LogP contribution in [0.5, 0.6) is 0 Å². The number of nitrogens with one attached hydrogen (secondary N) is 2. The summed E-state index contributed by atoms with van der Waals surface area (Å²) in [4.78, 5) is 17.2. The van der Waals surface area contributed by atoms with Gasteiger partial charge in [0.1, 0.15) is 5.82 Å². The summed E-state index contributed by atoms with van der Waals surface area (Å²) in [6.45, 7) is 1.88. The van der Waals surface area contributed by atoms with Crippen molar-refractivity contribution < 1.29 is 9.47 Å². The molecule has 7 heteroatoms. The highest BCUT2D eigenvalue weighted by Gasteiger charge is 2.16. The molecule has 1 aromatic rings. The predicted molar refractivity (Wildman–Crippen MR) is 63.4 cm³/mol. The SMILES string of the molecule is COC(OC)C(C)Nc1[nH]c(=O)ncc1Br. The molecule has 1 atom stereocenters. The molecule has 1 aromatic heterocycles. The van der Waals surface area contributed by atoms with Crippen LogP contribution in [-0.2, 0) is 9.47 Å². The van der Waals surface area contributed by atoms with Gasteiger partial charge in [-0.05, 0) is 22.9 Å². The molecule has 90 valence electrons. The van der Waals surface area contributed by atoms with Gasteiger partial charge in [0.2, 0.25) is 0 Å². The van der Waals surface area contributed by atoms with Crippen LogP contribution in [0.2, 0.25) is 0 Å². The molecule has 0 aliphatic carbocycles. The maximum Gasteiger partial charge on any atom is 0.346 e. The number of hydrogen-bond donors (Lipinski definition) is 2. The van der Waals surface area contributed by atoms with E-state index >= 15 is 0 Å². The van der Waals surface area contributed by atoms with E-state index in [0.717, 1.165) is 0 Å². The summed E-state index contributed by atoms with van der Waals surface area (Å²) in [5.74, 6) is 0.548. The van der Waals surface area contributed by atoms with Gasteiger partial charge in [-0.25, -0.2) is 9.78 Å². The highest BCUT2D eigenvalue weighted by Crippen LogP contribution is 2.18. The van der Waals surface area contributed by atoms with Crippen LogP contribution in [0, 0.1) is 0 Å². The normalized spacial score (nSPS) is 12.8. The van der Waals surface area contributed by atoms with E-state index in [-0.39, 0.29) is 6.04 Å². The summed E-state index contributed by atoms with van der Waals surface area (Å²) in [6, 6.07) is -0.121. The van der Waals surface area contributed by atoms with E-state index in [0.29, 0.717) is 10.3 Å². The number of rotatable bonds is 5. The van der Waals surface area contributed by atoms with Gasteiger partial charge in [-0.1, -0.05) is 0 Å². The molecule has 0 aromatic carbocycles. The number of H-pyrrole nitrogens is 1. The third-order valence-electron chi connectivity index (χ3n) is 2.01. The van der Waals surface area contributed by atoms with Crippen molar-refractivity contribution in [1.29, 1.82) is 0 Å². The molecule has 0 fully saturated rings. The molecule has 0 saturated carbocycles. The van der Waals surface area contributed by atoms with Gasteiger partial charge < -0.3 is 14.8 Å². The van der Waals surface area contributed by atoms with E-state index in [2.05, 4.69) is 31.2 Å². The maximum absolute atomic E-state index is 11.0. The van der Waals surface area contributed by atoms with Gasteiger partial charge in [0.25, 0.3) is 0 Å². The van der Waals surface area contributed by atoms with Crippen LogP contribution in [0.4, 0.5) is 5.82 Å². The van der Waals surface area contributed by atoms with Gasteiger partial charge in [-0.15, -0.1) is 0 Å². The number of nitrogens with zero attached hydrogens (tertiary/aromatic N) is 1. The maximum atomic E-state index is 11.0. The largest absolute Gasteiger partial charge is 0.363 e. The smallest absolute Gasteiger partial charge is 0.346 e. The van der Waals surface area contributed by atoms with Gasteiger partial charge in [0, 0.05) is 14.2 Å². The first-order valence-electron chi connectivity index (χ1n) is 4.65. The molecule has 1 heterocycles. The van der Waals surface area contributed by atoms with E-state index in [1.807, 2.05) is 6.92 Å². The van der Waals surface area contributed by atoms with E-state index in [1.54, 1.807) is 14.2 Å². The second kappa shape index (κ2) is 5.97. The third kappa shape index (κ3) is 3.29. The van der Waals surface area contributed by atoms with Crippen molar-refractivity contribution in [3.8, 4) is 0 Å². The molecule has 1 rings (SSSR count). The molecule has 6 nitrogen and oxygen atoms in total. The average molecular weight is 292 g/mol. The zero-order valence-electron chi connectivity index (χ0n) is 9.28. The Kier molecular flexibility index (Phi) is 4.91. The van der Waals surface area contributed by atoms with Gasteiger partial charge in [-0.3, -0.25) is 4.98 Å². The Balaban J connectivity index is 2.79. The van der Waals surface area contributed by atoms with Gasteiger partial charge in [0.05, 0.1) is 16.7 Å². The quantitative estimate of drug-likeness (QED) is 0.790. The van der Waals surface area contributed by atoms with Gasteiger partial charge >= 0.3 is 5.69 Å². The Bertz CT molecular complexity index is 392. The molecule has 0 radical (unpaired) electrons. The molecule has 0 aliphatic heterocycles. The fourth-order valence-corrected chi connectivity index (χ4v) is 1.60. The van der Waals surface area contributed by atoms with E-state index < -0.39 is 12.0 Å². The first-order valence-corrected chi connectivity index (χ1v) is 5.44. The average Bonchev–Trinajstić information content (AvgIpc) is 2.25. The number of aromatic nitrogens is 2. The lowest BCUT2D eigenvalue weighted by Gasteiger charge is -2.23. The Morgan fingerprint density at radius 1 is 1.50 bits per heavy atom. The first kappa shape index (κ1) is 13.1. The number of methoxy groups -OCH3 is 2. The minimum absolute atomic E-state index is 0.121. The second-order valence-electron chi connectivity index (χ2n) is 3.18. The number of aromatic amines is 1. The van der Waals surface area contributed by atoms with Crippen molar-refractivity contribution >= 4 is 21.7 Å². The van der Waals surface area contributed by atoms with Crippen molar-refractivity contribution in [3.63, 3.8) is 0 Å². The lowest BCUT2D eigenvalue weighted by Crippen LogP contribution is -2.34. The summed E-state index contributed by atoms with van der Waals surface area (Å²) in [7, 11) is 3.10. The number of anilines is 1. The lowest BCUT2D eigenvalue weighted by molar-refractivity contribution is -0.109. The Hall–Kier alpha value is -0.920. The molecule has 1 unspecified atom stereocenters. The molecule has 0 saturated heterocycles. The van der Waals surface area contributed by atoms with Crippen LogP contribution in [0.15, 0.2) is 15.5 Å². The van der Waals surface area contributed by atoms with Crippen LogP contribution in [0.25, 0.3) is 0 Å². The molecule has 0 amide bonds. The molecule has 0 aliphatic rings. The predicted octanol–water partition coefficient (Wildman–Crippen LogP) is 0.952. The lowest BCUT2D eigenvalue weighted by atomic mass is 10.3. The molecule has 0 bridgehead atoms. The van der Waals surface area contributed by atoms with E-state index in [1.165, 1.54) is 6.20 Å². The topological polar surface area (TPSA) is 76.2 Å². The van der Waals surface area contributed by atoms with Crippen molar-refractivity contribution in [2.24, 2.45) is 0 Å². The monoisotopic (exact) mass is 291 g/mol. The zero-order valence-corrected chi connectivity index (χ0v) is 10.9. The third-order valence-corrected chi connectivity index (χ3v) is 2.61. The Morgan fingerprint density at radius 2 is 2.12 bits per heavy atom.